The summed E-state index contributed by atoms with van der Waals surface area (Å²) in [5.74, 6) is 0.663. The van der Waals surface area contributed by atoms with Gasteiger partial charge in [-0.1, -0.05) is 30.3 Å². The van der Waals surface area contributed by atoms with Crippen molar-refractivity contribution in [1.82, 2.24) is 4.90 Å². The number of Topliss-reactive ketones (excluding diaryl/α,β-unsaturated/α-hetero) is 1. The van der Waals surface area contributed by atoms with Crippen LogP contribution in [0.1, 0.15) is 43.8 Å². The minimum Gasteiger partial charge on any atom is -0.387 e. The molecule has 0 spiro atoms. The van der Waals surface area contributed by atoms with Gasteiger partial charge in [0.15, 0.2) is 0 Å². The average molecular weight is 273 g/mol. The van der Waals surface area contributed by atoms with Crippen molar-refractivity contribution in [2.24, 2.45) is 5.92 Å². The molecule has 1 aromatic rings. The van der Waals surface area contributed by atoms with Gasteiger partial charge in [0.25, 0.3) is 0 Å². The highest BCUT2D eigenvalue weighted by Gasteiger charge is 2.38. The molecule has 1 aliphatic heterocycles. The van der Waals surface area contributed by atoms with Crippen molar-refractivity contribution in [3.63, 3.8) is 0 Å². The van der Waals surface area contributed by atoms with Crippen LogP contribution in [-0.4, -0.2) is 34.9 Å². The number of likely N-dealkylation sites (tertiary alicyclic amines) is 1. The summed E-state index contributed by atoms with van der Waals surface area (Å²) < 4.78 is 0. The molecule has 3 rings (SSSR count). The summed E-state index contributed by atoms with van der Waals surface area (Å²) in [5.41, 5.74) is 0.968. The van der Waals surface area contributed by atoms with Crippen molar-refractivity contribution in [1.29, 1.82) is 0 Å². The molecular formula is C17H23NO2. The van der Waals surface area contributed by atoms with E-state index in [-0.39, 0.29) is 5.92 Å². The first-order valence-corrected chi connectivity index (χ1v) is 7.75. The summed E-state index contributed by atoms with van der Waals surface area (Å²) in [6.07, 6.45) is 4.66. The molecule has 1 aliphatic carbocycles. The Bertz CT molecular complexity index is 459. The van der Waals surface area contributed by atoms with Gasteiger partial charge < -0.3 is 5.11 Å². The largest absolute Gasteiger partial charge is 0.387 e. The van der Waals surface area contributed by atoms with Crippen LogP contribution >= 0.6 is 0 Å². The molecule has 2 fully saturated rings. The Morgan fingerprint density at radius 3 is 2.70 bits per heavy atom. The number of aliphatic hydroxyl groups is 1. The number of rotatable bonds is 4. The molecular weight excluding hydrogens is 250 g/mol. The third-order valence-corrected chi connectivity index (χ3v) is 4.82. The molecule has 108 valence electrons. The molecule has 2 aliphatic rings. The van der Waals surface area contributed by atoms with Gasteiger partial charge in [0.05, 0.1) is 6.10 Å². The standard InChI is InChI=1S/C17H23NO2/c19-16-10-4-8-14(16)15-9-5-11-18(15)12-17(20)13-6-2-1-3-7-13/h1-3,6-7,14-15,17,20H,4-5,8-12H2. The van der Waals surface area contributed by atoms with E-state index in [2.05, 4.69) is 4.90 Å². The van der Waals surface area contributed by atoms with Gasteiger partial charge >= 0.3 is 0 Å². The van der Waals surface area contributed by atoms with Crippen molar-refractivity contribution in [2.75, 3.05) is 13.1 Å². The number of carbonyl (C=O) groups is 1. The highest BCUT2D eigenvalue weighted by molar-refractivity contribution is 5.83. The summed E-state index contributed by atoms with van der Waals surface area (Å²) in [7, 11) is 0. The second-order valence-corrected chi connectivity index (χ2v) is 6.10. The van der Waals surface area contributed by atoms with E-state index in [4.69, 9.17) is 0 Å². The van der Waals surface area contributed by atoms with Crippen molar-refractivity contribution in [3.8, 4) is 0 Å². The van der Waals surface area contributed by atoms with Crippen LogP contribution < -0.4 is 0 Å². The molecule has 3 atom stereocenters. The Morgan fingerprint density at radius 1 is 1.20 bits per heavy atom. The van der Waals surface area contributed by atoms with Crippen LogP contribution in [0.25, 0.3) is 0 Å². The highest BCUT2D eigenvalue weighted by Crippen LogP contribution is 2.34. The molecule has 3 nitrogen and oxygen atoms in total. The molecule has 0 aromatic heterocycles. The topological polar surface area (TPSA) is 40.5 Å². The van der Waals surface area contributed by atoms with E-state index in [0.29, 0.717) is 18.4 Å². The Balaban J connectivity index is 1.65. The minimum atomic E-state index is -0.451. The maximum Gasteiger partial charge on any atom is 0.137 e. The number of carbonyl (C=O) groups excluding carboxylic acids is 1. The lowest BCUT2D eigenvalue weighted by Gasteiger charge is -2.30. The van der Waals surface area contributed by atoms with Gasteiger partial charge in [-0.2, -0.15) is 0 Å². The summed E-state index contributed by atoms with van der Waals surface area (Å²) in [5, 5.41) is 10.4. The van der Waals surface area contributed by atoms with Crippen LogP contribution in [0.3, 0.4) is 0 Å². The molecule has 1 saturated heterocycles. The Labute approximate surface area is 120 Å². The number of benzene rings is 1. The van der Waals surface area contributed by atoms with E-state index in [1.165, 1.54) is 0 Å². The highest BCUT2D eigenvalue weighted by atomic mass is 16.3. The molecule has 20 heavy (non-hydrogen) atoms. The second kappa shape index (κ2) is 6.06. The number of ketones is 1. The predicted molar refractivity (Wildman–Crippen MR) is 78.3 cm³/mol. The monoisotopic (exact) mass is 273 g/mol. The van der Waals surface area contributed by atoms with E-state index >= 15 is 0 Å². The van der Waals surface area contributed by atoms with Crippen molar-refractivity contribution >= 4 is 5.78 Å². The number of nitrogens with zero attached hydrogens (tertiary/aromatic N) is 1. The number of aliphatic hydroxyl groups excluding tert-OH is 1. The van der Waals surface area contributed by atoms with Crippen LogP contribution in [0.15, 0.2) is 30.3 Å². The first-order valence-electron chi connectivity index (χ1n) is 7.75. The lowest BCUT2D eigenvalue weighted by atomic mass is 9.94. The van der Waals surface area contributed by atoms with Gasteiger partial charge in [-0.25, -0.2) is 0 Å². The van der Waals surface area contributed by atoms with Crippen molar-refractivity contribution in [2.45, 2.75) is 44.2 Å². The van der Waals surface area contributed by atoms with E-state index in [1.54, 1.807) is 0 Å². The minimum absolute atomic E-state index is 0.223. The summed E-state index contributed by atoms with van der Waals surface area (Å²) >= 11 is 0. The zero-order valence-corrected chi connectivity index (χ0v) is 11.9. The zero-order valence-electron chi connectivity index (χ0n) is 11.9. The van der Waals surface area contributed by atoms with E-state index in [0.717, 1.165) is 44.2 Å². The average Bonchev–Trinajstić information content (AvgIpc) is 3.08. The normalized spacial score (nSPS) is 28.9. The Hall–Kier alpha value is -1.19. The van der Waals surface area contributed by atoms with E-state index in [1.807, 2.05) is 30.3 Å². The molecule has 1 aromatic carbocycles. The first kappa shape index (κ1) is 13.8. The maximum atomic E-state index is 12.0. The van der Waals surface area contributed by atoms with Crippen LogP contribution in [0.4, 0.5) is 0 Å². The van der Waals surface area contributed by atoms with Gasteiger partial charge in [-0.05, 0) is 37.8 Å². The van der Waals surface area contributed by atoms with Crippen LogP contribution in [0.5, 0.6) is 0 Å². The fourth-order valence-electron chi connectivity index (χ4n) is 3.79. The maximum absolute atomic E-state index is 12.0. The van der Waals surface area contributed by atoms with Crippen LogP contribution in [0.2, 0.25) is 0 Å². The first-order chi connectivity index (χ1) is 9.75. The van der Waals surface area contributed by atoms with Crippen molar-refractivity contribution in [3.05, 3.63) is 35.9 Å². The van der Waals surface area contributed by atoms with Crippen LogP contribution in [-0.2, 0) is 4.79 Å². The smallest absolute Gasteiger partial charge is 0.137 e. The second-order valence-electron chi connectivity index (χ2n) is 6.10. The quantitative estimate of drug-likeness (QED) is 0.916. The van der Waals surface area contributed by atoms with Gasteiger partial charge in [-0.15, -0.1) is 0 Å². The predicted octanol–water partition coefficient (Wildman–Crippen LogP) is 2.55. The molecule has 3 unspecified atom stereocenters. The molecule has 0 radical (unpaired) electrons. The van der Waals surface area contributed by atoms with E-state index < -0.39 is 6.10 Å². The summed E-state index contributed by atoms with van der Waals surface area (Å²) in [6, 6.07) is 10.2. The Morgan fingerprint density at radius 2 is 2.00 bits per heavy atom. The van der Waals surface area contributed by atoms with Gasteiger partial charge in [0.1, 0.15) is 5.78 Å². The lowest BCUT2D eigenvalue weighted by molar-refractivity contribution is -0.122. The third-order valence-electron chi connectivity index (χ3n) is 4.82. The van der Waals surface area contributed by atoms with Crippen LogP contribution in [0, 0.1) is 5.92 Å². The fourth-order valence-corrected chi connectivity index (χ4v) is 3.79. The van der Waals surface area contributed by atoms with Gasteiger partial charge in [-0.3, -0.25) is 9.69 Å². The molecule has 3 heteroatoms. The van der Waals surface area contributed by atoms with E-state index in [9.17, 15) is 9.90 Å². The molecule has 0 amide bonds. The molecule has 1 heterocycles. The third kappa shape index (κ3) is 2.79. The SMILES string of the molecule is O=C1CCCC1C1CCCN1CC(O)c1ccccc1. The number of β-amino-alcohol motifs (C(OH)–C–C–N with tert-alkyl or cyclic N) is 1. The Kier molecular flexibility index (Phi) is 4.18. The van der Waals surface area contributed by atoms with Gasteiger partial charge in [0.2, 0.25) is 0 Å². The molecule has 0 bridgehead atoms. The number of hydrogen-bond donors (Lipinski definition) is 1. The summed E-state index contributed by atoms with van der Waals surface area (Å²) in [6.45, 7) is 1.66. The number of hydrogen-bond acceptors (Lipinski definition) is 3. The molecule has 1 N–H and O–H groups in total. The molecule has 1 saturated carbocycles. The zero-order chi connectivity index (χ0) is 13.9. The van der Waals surface area contributed by atoms with Crippen molar-refractivity contribution < 1.29 is 9.90 Å². The summed E-state index contributed by atoms with van der Waals surface area (Å²) in [4.78, 5) is 14.3. The lowest BCUT2D eigenvalue weighted by Crippen LogP contribution is -2.39. The fraction of sp³-hybridized carbons (Fsp3) is 0.588. The van der Waals surface area contributed by atoms with Gasteiger partial charge in [0, 0.05) is 24.9 Å².